The van der Waals surface area contributed by atoms with Gasteiger partial charge in [0.2, 0.25) is 0 Å². The lowest BCUT2D eigenvalue weighted by molar-refractivity contribution is 0.102. The number of nitrogens with zero attached hydrogens (tertiary/aromatic N) is 1. The van der Waals surface area contributed by atoms with Gasteiger partial charge in [-0.2, -0.15) is 0 Å². The molecule has 21 heavy (non-hydrogen) atoms. The second-order valence-corrected chi connectivity index (χ2v) is 4.75. The Morgan fingerprint density at radius 1 is 1.19 bits per heavy atom. The van der Waals surface area contributed by atoms with E-state index in [1.807, 2.05) is 0 Å². The predicted molar refractivity (Wildman–Crippen MR) is 81.9 cm³/mol. The number of benzene rings is 1. The zero-order chi connectivity index (χ0) is 14.8. The zero-order valence-electron chi connectivity index (χ0n) is 10.7. The fourth-order valence-corrected chi connectivity index (χ4v) is 2.14. The van der Waals surface area contributed by atoms with E-state index >= 15 is 0 Å². The van der Waals surface area contributed by atoms with E-state index in [4.69, 9.17) is 12.2 Å². The fraction of sp³-hybridized carbons (Fsp3) is 0. The highest BCUT2D eigenvalue weighted by Gasteiger charge is 2.08. The second-order valence-electron chi connectivity index (χ2n) is 4.34. The monoisotopic (exact) mass is 298 g/mol. The Balaban J connectivity index is 1.99. The molecule has 3 N–H and O–H groups in total. The molecule has 0 radical (unpaired) electrons. The third kappa shape index (κ3) is 2.72. The van der Waals surface area contributed by atoms with Crippen LogP contribution in [-0.2, 0) is 0 Å². The molecule has 6 nitrogen and oxygen atoms in total. The summed E-state index contributed by atoms with van der Waals surface area (Å²) >= 11 is 4.92. The molecule has 0 aliphatic carbocycles. The Hall–Kier alpha value is -2.80. The number of H-pyrrole nitrogens is 2. The standard InChI is InChI=1S/C14H10N4O2S/c19-12(17-11-3-1-2-6-15-11)8-4-5-9-10(7-8)16-14(21)18-13(9)20/h1-7H,(H,15,17,19)(H2,16,18,20,21). The van der Waals surface area contributed by atoms with Crippen LogP contribution in [0.5, 0.6) is 0 Å². The number of anilines is 1. The summed E-state index contributed by atoms with van der Waals surface area (Å²) in [7, 11) is 0. The third-order valence-electron chi connectivity index (χ3n) is 2.91. The molecule has 1 amide bonds. The van der Waals surface area contributed by atoms with E-state index in [0.29, 0.717) is 22.3 Å². The topological polar surface area (TPSA) is 90.6 Å². The first kappa shape index (κ1) is 13.2. The first-order valence-corrected chi connectivity index (χ1v) is 6.53. The molecule has 0 aliphatic heterocycles. The molecule has 0 atom stereocenters. The van der Waals surface area contributed by atoms with E-state index in [1.54, 1.807) is 42.6 Å². The SMILES string of the molecule is O=C(Nc1ccccn1)c1ccc2c(=O)[nH]c(=S)[nH]c2c1. The minimum absolute atomic E-state index is 0.217. The van der Waals surface area contributed by atoms with Crippen LogP contribution < -0.4 is 10.9 Å². The molecule has 0 aliphatic rings. The molecular formula is C14H10N4O2S. The zero-order valence-corrected chi connectivity index (χ0v) is 11.5. The maximum absolute atomic E-state index is 12.2. The van der Waals surface area contributed by atoms with Gasteiger partial charge in [0, 0.05) is 11.8 Å². The van der Waals surface area contributed by atoms with E-state index in [1.165, 1.54) is 0 Å². The Bertz CT molecular complexity index is 931. The van der Waals surface area contributed by atoms with Crippen LogP contribution in [0.1, 0.15) is 10.4 Å². The minimum Gasteiger partial charge on any atom is -0.332 e. The van der Waals surface area contributed by atoms with Crippen LogP contribution in [0.4, 0.5) is 5.82 Å². The molecule has 7 heteroatoms. The van der Waals surface area contributed by atoms with Gasteiger partial charge in [-0.15, -0.1) is 0 Å². The number of hydrogen-bond donors (Lipinski definition) is 3. The van der Waals surface area contributed by atoms with Crippen molar-refractivity contribution in [3.63, 3.8) is 0 Å². The quantitative estimate of drug-likeness (QED) is 0.633. The first-order valence-electron chi connectivity index (χ1n) is 6.12. The van der Waals surface area contributed by atoms with Crippen molar-refractivity contribution in [2.75, 3.05) is 5.32 Å². The maximum atomic E-state index is 12.2. The van der Waals surface area contributed by atoms with Crippen molar-refractivity contribution in [3.8, 4) is 0 Å². The van der Waals surface area contributed by atoms with Crippen LogP contribution in [0.25, 0.3) is 10.9 Å². The lowest BCUT2D eigenvalue weighted by Gasteiger charge is -2.05. The highest BCUT2D eigenvalue weighted by Crippen LogP contribution is 2.11. The van der Waals surface area contributed by atoms with E-state index in [2.05, 4.69) is 20.3 Å². The summed E-state index contributed by atoms with van der Waals surface area (Å²) in [4.78, 5) is 33.2. The molecule has 0 fully saturated rings. The molecular weight excluding hydrogens is 288 g/mol. The molecule has 0 saturated heterocycles. The summed E-state index contributed by atoms with van der Waals surface area (Å²) in [6, 6.07) is 9.97. The maximum Gasteiger partial charge on any atom is 0.259 e. The molecule has 1 aromatic carbocycles. The van der Waals surface area contributed by atoms with Crippen molar-refractivity contribution in [3.05, 3.63) is 63.3 Å². The van der Waals surface area contributed by atoms with Gasteiger partial charge >= 0.3 is 0 Å². The molecule has 2 heterocycles. The summed E-state index contributed by atoms with van der Waals surface area (Å²) < 4.78 is 0.217. The highest BCUT2D eigenvalue weighted by molar-refractivity contribution is 7.71. The Kier molecular flexibility index (Phi) is 3.33. The van der Waals surface area contributed by atoms with Crippen molar-refractivity contribution in [1.82, 2.24) is 15.0 Å². The summed E-state index contributed by atoms with van der Waals surface area (Å²) in [5, 5.41) is 3.12. The van der Waals surface area contributed by atoms with Gasteiger partial charge in [0.25, 0.3) is 11.5 Å². The van der Waals surface area contributed by atoms with Gasteiger partial charge in [-0.05, 0) is 42.5 Å². The number of carbonyl (C=O) groups is 1. The van der Waals surface area contributed by atoms with Crippen molar-refractivity contribution in [2.24, 2.45) is 0 Å². The average molecular weight is 298 g/mol. The number of rotatable bonds is 2. The lowest BCUT2D eigenvalue weighted by atomic mass is 10.1. The molecule has 0 unspecified atom stereocenters. The molecule has 3 rings (SSSR count). The third-order valence-corrected chi connectivity index (χ3v) is 3.11. The molecule has 0 bridgehead atoms. The summed E-state index contributed by atoms with van der Waals surface area (Å²) in [6.07, 6.45) is 1.59. The number of hydrogen-bond acceptors (Lipinski definition) is 4. The number of carbonyl (C=O) groups excluding carboxylic acids is 1. The Morgan fingerprint density at radius 3 is 2.81 bits per heavy atom. The van der Waals surface area contributed by atoms with Crippen molar-refractivity contribution >= 4 is 34.8 Å². The van der Waals surface area contributed by atoms with Gasteiger partial charge in [0.05, 0.1) is 10.9 Å². The van der Waals surface area contributed by atoms with E-state index in [9.17, 15) is 9.59 Å². The fourth-order valence-electron chi connectivity index (χ4n) is 1.94. The van der Waals surface area contributed by atoms with Gasteiger partial charge in [-0.25, -0.2) is 4.98 Å². The van der Waals surface area contributed by atoms with Crippen LogP contribution in [0.2, 0.25) is 0 Å². The van der Waals surface area contributed by atoms with E-state index in [0.717, 1.165) is 0 Å². The Morgan fingerprint density at radius 2 is 2.05 bits per heavy atom. The molecule has 2 aromatic heterocycles. The Labute approximate surface area is 123 Å². The van der Waals surface area contributed by atoms with Crippen molar-refractivity contribution < 1.29 is 4.79 Å². The molecule has 0 saturated carbocycles. The predicted octanol–water partition coefficient (Wildman–Crippen LogP) is 2.23. The van der Waals surface area contributed by atoms with Crippen LogP contribution in [0.15, 0.2) is 47.4 Å². The summed E-state index contributed by atoms with van der Waals surface area (Å²) in [5.74, 6) is 0.150. The van der Waals surface area contributed by atoms with Gasteiger partial charge in [0.15, 0.2) is 4.77 Å². The first-order chi connectivity index (χ1) is 10.1. The number of pyridine rings is 1. The lowest BCUT2D eigenvalue weighted by Crippen LogP contribution is -2.14. The van der Waals surface area contributed by atoms with Crippen LogP contribution in [0, 0.1) is 4.77 Å². The van der Waals surface area contributed by atoms with E-state index < -0.39 is 0 Å². The van der Waals surface area contributed by atoms with Crippen LogP contribution >= 0.6 is 12.2 Å². The van der Waals surface area contributed by atoms with Crippen molar-refractivity contribution in [2.45, 2.75) is 0 Å². The van der Waals surface area contributed by atoms with E-state index in [-0.39, 0.29) is 16.2 Å². The molecule has 3 aromatic rings. The largest absolute Gasteiger partial charge is 0.332 e. The van der Waals surface area contributed by atoms with Crippen LogP contribution in [-0.4, -0.2) is 20.9 Å². The number of amides is 1. The average Bonchev–Trinajstić information content (AvgIpc) is 2.47. The number of fused-ring (bicyclic) bond motifs is 1. The smallest absolute Gasteiger partial charge is 0.259 e. The van der Waals surface area contributed by atoms with Gasteiger partial charge in [0.1, 0.15) is 5.82 Å². The minimum atomic E-state index is -0.310. The van der Waals surface area contributed by atoms with Gasteiger partial charge < -0.3 is 10.3 Å². The number of aromatic nitrogens is 3. The summed E-state index contributed by atoms with van der Waals surface area (Å²) in [5.41, 5.74) is 0.632. The molecule has 104 valence electrons. The van der Waals surface area contributed by atoms with Crippen molar-refractivity contribution in [1.29, 1.82) is 0 Å². The number of aromatic amines is 2. The normalized spacial score (nSPS) is 10.5. The highest BCUT2D eigenvalue weighted by atomic mass is 32.1. The molecule has 0 spiro atoms. The van der Waals surface area contributed by atoms with Gasteiger partial charge in [-0.1, -0.05) is 6.07 Å². The number of nitrogens with one attached hydrogen (secondary N) is 3. The van der Waals surface area contributed by atoms with Gasteiger partial charge in [-0.3, -0.25) is 14.6 Å². The summed E-state index contributed by atoms with van der Waals surface area (Å²) in [6.45, 7) is 0. The van der Waals surface area contributed by atoms with Crippen LogP contribution in [0.3, 0.4) is 0 Å². The second kappa shape index (κ2) is 5.29.